The Labute approximate surface area is 108 Å². The molecule has 0 radical (unpaired) electrons. The van der Waals surface area contributed by atoms with Gasteiger partial charge in [-0.05, 0) is 50.2 Å². The van der Waals surface area contributed by atoms with Gasteiger partial charge in [-0.25, -0.2) is 8.42 Å². The molecule has 1 aliphatic rings. The molecule has 0 atom stereocenters. The number of hydrogen-bond donors (Lipinski definition) is 3. The summed E-state index contributed by atoms with van der Waals surface area (Å²) in [6.45, 7) is 2.09. The summed E-state index contributed by atoms with van der Waals surface area (Å²) in [5, 5.41) is 6.77. The summed E-state index contributed by atoms with van der Waals surface area (Å²) >= 11 is 0. The Balaban J connectivity index is 1.94. The second kappa shape index (κ2) is 5.58. The third-order valence-electron chi connectivity index (χ3n) is 2.90. The van der Waals surface area contributed by atoms with E-state index in [1.165, 1.54) is 0 Å². The van der Waals surface area contributed by atoms with Crippen LogP contribution in [0.4, 0.5) is 11.4 Å². The molecule has 2 rings (SSSR count). The standard InChI is InChI=1S/C12H19N3O2S/c1-18(16,17)15-12-4-2-10(3-5-12)14-11-6-8-13-9-7-11/h2-5,11,13-15H,6-9H2,1H3. The molecule has 0 bridgehead atoms. The van der Waals surface area contributed by atoms with Crippen LogP contribution in [0, 0.1) is 0 Å². The largest absolute Gasteiger partial charge is 0.382 e. The molecule has 0 saturated carbocycles. The first-order valence-corrected chi connectivity index (χ1v) is 7.97. The van der Waals surface area contributed by atoms with Gasteiger partial charge in [-0.1, -0.05) is 0 Å². The average molecular weight is 269 g/mol. The first kappa shape index (κ1) is 13.2. The number of nitrogens with one attached hydrogen (secondary N) is 3. The van der Waals surface area contributed by atoms with Gasteiger partial charge in [0.25, 0.3) is 0 Å². The summed E-state index contributed by atoms with van der Waals surface area (Å²) in [6.07, 6.45) is 3.38. The highest BCUT2D eigenvalue weighted by Gasteiger charge is 2.12. The van der Waals surface area contributed by atoms with Crippen LogP contribution < -0.4 is 15.4 Å². The predicted octanol–water partition coefficient (Wildman–Crippen LogP) is 1.22. The van der Waals surface area contributed by atoms with Gasteiger partial charge in [0.15, 0.2) is 0 Å². The van der Waals surface area contributed by atoms with E-state index in [1.807, 2.05) is 12.1 Å². The van der Waals surface area contributed by atoms with Crippen molar-refractivity contribution in [2.24, 2.45) is 0 Å². The Morgan fingerprint density at radius 3 is 2.22 bits per heavy atom. The molecule has 100 valence electrons. The van der Waals surface area contributed by atoms with Crippen LogP contribution in [-0.2, 0) is 10.0 Å². The van der Waals surface area contributed by atoms with E-state index in [4.69, 9.17) is 0 Å². The molecule has 0 aliphatic carbocycles. The van der Waals surface area contributed by atoms with Crippen LogP contribution in [0.5, 0.6) is 0 Å². The van der Waals surface area contributed by atoms with Crippen molar-refractivity contribution >= 4 is 21.4 Å². The number of benzene rings is 1. The van der Waals surface area contributed by atoms with Crippen LogP contribution in [0.1, 0.15) is 12.8 Å². The Hall–Kier alpha value is -1.27. The minimum absolute atomic E-state index is 0.500. The fraction of sp³-hybridized carbons (Fsp3) is 0.500. The van der Waals surface area contributed by atoms with E-state index in [2.05, 4.69) is 15.4 Å². The van der Waals surface area contributed by atoms with E-state index in [-0.39, 0.29) is 0 Å². The molecule has 1 aromatic carbocycles. The summed E-state index contributed by atoms with van der Waals surface area (Å²) in [5.74, 6) is 0. The van der Waals surface area contributed by atoms with Crippen molar-refractivity contribution in [2.75, 3.05) is 29.4 Å². The van der Waals surface area contributed by atoms with Gasteiger partial charge in [0.05, 0.1) is 6.26 Å². The van der Waals surface area contributed by atoms with Crippen molar-refractivity contribution in [3.8, 4) is 0 Å². The van der Waals surface area contributed by atoms with Crippen LogP contribution in [0.25, 0.3) is 0 Å². The van der Waals surface area contributed by atoms with Crippen LogP contribution >= 0.6 is 0 Å². The van der Waals surface area contributed by atoms with Crippen LogP contribution in [0.15, 0.2) is 24.3 Å². The van der Waals surface area contributed by atoms with Gasteiger partial charge in [0.1, 0.15) is 0 Å². The highest BCUT2D eigenvalue weighted by atomic mass is 32.2. The minimum atomic E-state index is -3.20. The zero-order valence-corrected chi connectivity index (χ0v) is 11.3. The first-order chi connectivity index (χ1) is 8.53. The maximum absolute atomic E-state index is 11.1. The maximum Gasteiger partial charge on any atom is 0.229 e. The second-order valence-corrected chi connectivity index (χ2v) is 6.37. The molecule has 1 fully saturated rings. The van der Waals surface area contributed by atoms with Gasteiger partial charge in [-0.3, -0.25) is 4.72 Å². The van der Waals surface area contributed by atoms with Gasteiger partial charge >= 0.3 is 0 Å². The van der Waals surface area contributed by atoms with Gasteiger partial charge in [0.2, 0.25) is 10.0 Å². The molecular formula is C12H19N3O2S. The molecule has 5 nitrogen and oxygen atoms in total. The van der Waals surface area contributed by atoms with Crippen molar-refractivity contribution in [1.29, 1.82) is 0 Å². The summed E-state index contributed by atoms with van der Waals surface area (Å²) in [6, 6.07) is 7.83. The van der Waals surface area contributed by atoms with E-state index in [1.54, 1.807) is 12.1 Å². The third kappa shape index (κ3) is 4.19. The zero-order chi connectivity index (χ0) is 13.0. The predicted molar refractivity (Wildman–Crippen MR) is 74.4 cm³/mol. The molecule has 1 saturated heterocycles. The maximum atomic E-state index is 11.1. The van der Waals surface area contributed by atoms with E-state index in [0.29, 0.717) is 11.7 Å². The fourth-order valence-electron chi connectivity index (χ4n) is 2.05. The summed E-state index contributed by atoms with van der Waals surface area (Å²) in [5.41, 5.74) is 1.62. The van der Waals surface area contributed by atoms with E-state index in [9.17, 15) is 8.42 Å². The lowest BCUT2D eigenvalue weighted by Gasteiger charge is -2.24. The second-order valence-electron chi connectivity index (χ2n) is 4.62. The Kier molecular flexibility index (Phi) is 4.08. The number of anilines is 2. The average Bonchev–Trinajstić information content (AvgIpc) is 2.31. The van der Waals surface area contributed by atoms with Crippen molar-refractivity contribution in [2.45, 2.75) is 18.9 Å². The lowest BCUT2D eigenvalue weighted by atomic mass is 10.1. The molecular weight excluding hydrogens is 250 g/mol. The number of sulfonamides is 1. The molecule has 1 aliphatic heterocycles. The lowest BCUT2D eigenvalue weighted by Crippen LogP contribution is -2.35. The molecule has 3 N–H and O–H groups in total. The van der Waals surface area contributed by atoms with E-state index in [0.717, 1.165) is 37.9 Å². The minimum Gasteiger partial charge on any atom is -0.382 e. The number of hydrogen-bond acceptors (Lipinski definition) is 4. The Bertz CT molecular complexity index is 479. The molecule has 0 aromatic heterocycles. The van der Waals surface area contributed by atoms with Crippen LogP contribution in [-0.4, -0.2) is 33.8 Å². The van der Waals surface area contributed by atoms with Crippen LogP contribution in [0.3, 0.4) is 0 Å². The molecule has 1 heterocycles. The van der Waals surface area contributed by atoms with Crippen molar-refractivity contribution in [3.05, 3.63) is 24.3 Å². The monoisotopic (exact) mass is 269 g/mol. The Morgan fingerprint density at radius 1 is 1.11 bits per heavy atom. The summed E-state index contributed by atoms with van der Waals surface area (Å²) in [7, 11) is -3.20. The number of rotatable bonds is 4. The lowest BCUT2D eigenvalue weighted by molar-refractivity contribution is 0.479. The summed E-state index contributed by atoms with van der Waals surface area (Å²) < 4.78 is 24.6. The highest BCUT2D eigenvalue weighted by Crippen LogP contribution is 2.17. The quantitative estimate of drug-likeness (QED) is 0.768. The van der Waals surface area contributed by atoms with Crippen molar-refractivity contribution in [3.63, 3.8) is 0 Å². The molecule has 1 aromatic rings. The molecule has 0 spiro atoms. The molecule has 18 heavy (non-hydrogen) atoms. The highest BCUT2D eigenvalue weighted by molar-refractivity contribution is 7.92. The first-order valence-electron chi connectivity index (χ1n) is 6.08. The molecule has 6 heteroatoms. The zero-order valence-electron chi connectivity index (χ0n) is 10.4. The summed E-state index contributed by atoms with van der Waals surface area (Å²) in [4.78, 5) is 0. The number of piperidine rings is 1. The Morgan fingerprint density at radius 2 is 1.67 bits per heavy atom. The normalized spacial score (nSPS) is 17.4. The fourth-order valence-corrected chi connectivity index (χ4v) is 2.61. The van der Waals surface area contributed by atoms with Gasteiger partial charge < -0.3 is 10.6 Å². The smallest absolute Gasteiger partial charge is 0.229 e. The third-order valence-corrected chi connectivity index (χ3v) is 3.50. The SMILES string of the molecule is CS(=O)(=O)Nc1ccc(NC2CCNCC2)cc1. The molecule has 0 unspecified atom stereocenters. The topological polar surface area (TPSA) is 70.2 Å². The van der Waals surface area contributed by atoms with Crippen molar-refractivity contribution in [1.82, 2.24) is 5.32 Å². The van der Waals surface area contributed by atoms with Gasteiger partial charge in [0, 0.05) is 17.4 Å². The van der Waals surface area contributed by atoms with Gasteiger partial charge in [-0.15, -0.1) is 0 Å². The van der Waals surface area contributed by atoms with Crippen molar-refractivity contribution < 1.29 is 8.42 Å². The van der Waals surface area contributed by atoms with Gasteiger partial charge in [-0.2, -0.15) is 0 Å². The van der Waals surface area contributed by atoms with Crippen LogP contribution in [0.2, 0.25) is 0 Å². The van der Waals surface area contributed by atoms with E-state index < -0.39 is 10.0 Å². The van der Waals surface area contributed by atoms with E-state index >= 15 is 0 Å². The molecule has 0 amide bonds.